The maximum absolute atomic E-state index is 11.7. The van der Waals surface area contributed by atoms with Gasteiger partial charge in [-0.05, 0) is 18.3 Å². The second-order valence-corrected chi connectivity index (χ2v) is 5.41. The van der Waals surface area contributed by atoms with Gasteiger partial charge in [0, 0.05) is 18.7 Å². The van der Waals surface area contributed by atoms with Crippen LogP contribution < -0.4 is 5.32 Å². The summed E-state index contributed by atoms with van der Waals surface area (Å²) in [4.78, 5) is 33.7. The first-order valence-electron chi connectivity index (χ1n) is 7.13. The minimum atomic E-state index is -1.08. The van der Waals surface area contributed by atoms with E-state index in [1.807, 2.05) is 20.8 Å². The number of carbonyl (C=O) groups excluding carboxylic acids is 3. The van der Waals surface area contributed by atoms with E-state index in [1.54, 1.807) is 0 Å². The van der Waals surface area contributed by atoms with Crippen LogP contribution in [0.1, 0.15) is 33.6 Å². The molecule has 2 N–H and O–H groups in total. The SMILES string of the molecule is CCC(C)(C)[C@H](O)C(=O)NCCCOC(=O)/C=C/C(=O)OC. The molecule has 22 heavy (non-hydrogen) atoms. The number of aliphatic hydroxyl groups is 1. The summed E-state index contributed by atoms with van der Waals surface area (Å²) in [6, 6.07) is 0. The normalized spacial score (nSPS) is 12.8. The zero-order valence-electron chi connectivity index (χ0n) is 13.5. The standard InChI is InChI=1S/C15H25NO6/c1-5-15(2,3)13(19)14(20)16-9-6-10-22-12(18)8-7-11(17)21-4/h7-8,13,19H,5-6,9-10H2,1-4H3,(H,16,20)/b8-7+/t13-/m1/s1. The predicted octanol–water partition coefficient (Wildman–Crippen LogP) is 0.562. The molecular formula is C15H25NO6. The Kier molecular flexibility index (Phi) is 9.09. The minimum Gasteiger partial charge on any atom is -0.466 e. The molecule has 0 aliphatic heterocycles. The van der Waals surface area contributed by atoms with Gasteiger partial charge in [0.2, 0.25) is 5.91 Å². The first kappa shape index (κ1) is 20.1. The molecule has 0 saturated carbocycles. The number of nitrogens with one attached hydrogen (secondary N) is 1. The molecule has 1 amide bonds. The average Bonchev–Trinajstić information content (AvgIpc) is 2.50. The fourth-order valence-electron chi connectivity index (χ4n) is 1.35. The maximum Gasteiger partial charge on any atom is 0.331 e. The molecule has 0 fully saturated rings. The van der Waals surface area contributed by atoms with Crippen molar-refractivity contribution >= 4 is 17.8 Å². The number of esters is 2. The van der Waals surface area contributed by atoms with E-state index in [4.69, 9.17) is 4.74 Å². The number of hydrogen-bond donors (Lipinski definition) is 2. The van der Waals surface area contributed by atoms with E-state index in [2.05, 4.69) is 10.1 Å². The van der Waals surface area contributed by atoms with Crippen LogP contribution in [-0.4, -0.2) is 49.3 Å². The lowest BCUT2D eigenvalue weighted by molar-refractivity contribution is -0.139. The summed E-state index contributed by atoms with van der Waals surface area (Å²) in [5, 5.41) is 12.5. The lowest BCUT2D eigenvalue weighted by atomic mass is 9.83. The molecule has 7 nitrogen and oxygen atoms in total. The molecule has 0 aliphatic rings. The molecule has 0 aliphatic carbocycles. The van der Waals surface area contributed by atoms with E-state index in [-0.39, 0.29) is 13.2 Å². The number of carbonyl (C=O) groups is 3. The second-order valence-electron chi connectivity index (χ2n) is 5.41. The quantitative estimate of drug-likeness (QED) is 0.366. The van der Waals surface area contributed by atoms with Crippen molar-refractivity contribution in [2.24, 2.45) is 5.41 Å². The molecule has 0 radical (unpaired) electrons. The maximum atomic E-state index is 11.7. The fraction of sp³-hybridized carbons (Fsp3) is 0.667. The Morgan fingerprint density at radius 3 is 2.36 bits per heavy atom. The summed E-state index contributed by atoms with van der Waals surface area (Å²) in [5.74, 6) is -1.75. The van der Waals surface area contributed by atoms with Crippen molar-refractivity contribution in [3.8, 4) is 0 Å². The lowest BCUT2D eigenvalue weighted by Crippen LogP contribution is -2.44. The summed E-state index contributed by atoms with van der Waals surface area (Å²) in [6.07, 6.45) is 1.93. The van der Waals surface area contributed by atoms with Crippen LogP contribution in [0.5, 0.6) is 0 Å². The largest absolute Gasteiger partial charge is 0.466 e. The van der Waals surface area contributed by atoms with Gasteiger partial charge in [-0.2, -0.15) is 0 Å². The van der Waals surface area contributed by atoms with Gasteiger partial charge in [-0.3, -0.25) is 4.79 Å². The third-order valence-corrected chi connectivity index (χ3v) is 3.32. The van der Waals surface area contributed by atoms with Gasteiger partial charge >= 0.3 is 11.9 Å². The molecule has 1 atom stereocenters. The lowest BCUT2D eigenvalue weighted by Gasteiger charge is -2.28. The Morgan fingerprint density at radius 1 is 1.23 bits per heavy atom. The van der Waals surface area contributed by atoms with Crippen molar-refractivity contribution in [1.82, 2.24) is 5.32 Å². The molecule has 0 rings (SSSR count). The van der Waals surface area contributed by atoms with Crippen molar-refractivity contribution in [3.63, 3.8) is 0 Å². The Hall–Kier alpha value is -1.89. The van der Waals surface area contributed by atoms with Gasteiger partial charge in [-0.1, -0.05) is 20.8 Å². The number of amides is 1. The number of hydrogen-bond acceptors (Lipinski definition) is 6. The van der Waals surface area contributed by atoms with E-state index < -0.39 is 29.4 Å². The van der Waals surface area contributed by atoms with Crippen LogP contribution in [0, 0.1) is 5.41 Å². The molecule has 0 unspecified atom stereocenters. The van der Waals surface area contributed by atoms with Gasteiger partial charge < -0.3 is 19.9 Å². The monoisotopic (exact) mass is 315 g/mol. The minimum absolute atomic E-state index is 0.0951. The number of aliphatic hydroxyl groups excluding tert-OH is 1. The summed E-state index contributed by atoms with van der Waals surface area (Å²) in [6.45, 7) is 5.90. The van der Waals surface area contributed by atoms with Crippen LogP contribution in [0.25, 0.3) is 0 Å². The third-order valence-electron chi connectivity index (χ3n) is 3.32. The van der Waals surface area contributed by atoms with Crippen LogP contribution in [0.3, 0.4) is 0 Å². The Balaban J connectivity index is 3.90. The zero-order chi connectivity index (χ0) is 17.2. The molecule has 0 aromatic rings. The summed E-state index contributed by atoms with van der Waals surface area (Å²) < 4.78 is 9.14. The first-order chi connectivity index (χ1) is 10.2. The Morgan fingerprint density at radius 2 is 1.82 bits per heavy atom. The first-order valence-corrected chi connectivity index (χ1v) is 7.13. The van der Waals surface area contributed by atoms with Crippen LogP contribution in [-0.2, 0) is 23.9 Å². The van der Waals surface area contributed by atoms with E-state index >= 15 is 0 Å². The van der Waals surface area contributed by atoms with Crippen molar-refractivity contribution in [3.05, 3.63) is 12.2 Å². The van der Waals surface area contributed by atoms with E-state index in [9.17, 15) is 19.5 Å². The molecule has 0 saturated heterocycles. The van der Waals surface area contributed by atoms with Gasteiger partial charge in [-0.15, -0.1) is 0 Å². The van der Waals surface area contributed by atoms with Crippen LogP contribution in [0.2, 0.25) is 0 Å². The molecule has 126 valence electrons. The summed E-state index contributed by atoms with van der Waals surface area (Å²) in [7, 11) is 1.20. The molecule has 0 heterocycles. The van der Waals surface area contributed by atoms with Crippen LogP contribution >= 0.6 is 0 Å². The van der Waals surface area contributed by atoms with E-state index in [1.165, 1.54) is 7.11 Å². The van der Waals surface area contributed by atoms with Gasteiger partial charge in [0.05, 0.1) is 13.7 Å². The summed E-state index contributed by atoms with van der Waals surface area (Å²) >= 11 is 0. The van der Waals surface area contributed by atoms with Gasteiger partial charge in [0.1, 0.15) is 6.10 Å². The highest BCUT2D eigenvalue weighted by atomic mass is 16.5. The second kappa shape index (κ2) is 9.94. The molecule has 0 aromatic heterocycles. The van der Waals surface area contributed by atoms with Gasteiger partial charge in [-0.25, -0.2) is 9.59 Å². The Labute approximate surface area is 130 Å². The molecule has 0 bridgehead atoms. The fourth-order valence-corrected chi connectivity index (χ4v) is 1.35. The van der Waals surface area contributed by atoms with Crippen molar-refractivity contribution < 1.29 is 29.0 Å². The number of methoxy groups -OCH3 is 1. The van der Waals surface area contributed by atoms with Crippen molar-refractivity contribution in [1.29, 1.82) is 0 Å². The molecule has 0 spiro atoms. The zero-order valence-corrected chi connectivity index (χ0v) is 13.5. The predicted molar refractivity (Wildman–Crippen MR) is 79.8 cm³/mol. The highest BCUT2D eigenvalue weighted by Gasteiger charge is 2.31. The van der Waals surface area contributed by atoms with Gasteiger partial charge in [0.25, 0.3) is 0 Å². The third kappa shape index (κ3) is 7.78. The topological polar surface area (TPSA) is 102 Å². The van der Waals surface area contributed by atoms with Gasteiger partial charge in [0.15, 0.2) is 0 Å². The van der Waals surface area contributed by atoms with Crippen molar-refractivity contribution in [2.45, 2.75) is 39.7 Å². The van der Waals surface area contributed by atoms with Crippen molar-refractivity contribution in [2.75, 3.05) is 20.3 Å². The van der Waals surface area contributed by atoms with E-state index in [0.29, 0.717) is 12.8 Å². The van der Waals surface area contributed by atoms with Crippen LogP contribution in [0.15, 0.2) is 12.2 Å². The average molecular weight is 315 g/mol. The molecular weight excluding hydrogens is 290 g/mol. The smallest absolute Gasteiger partial charge is 0.331 e. The number of ether oxygens (including phenoxy) is 2. The summed E-state index contributed by atoms with van der Waals surface area (Å²) in [5.41, 5.74) is -0.491. The highest BCUT2D eigenvalue weighted by Crippen LogP contribution is 2.24. The molecule has 0 aromatic carbocycles. The van der Waals surface area contributed by atoms with Crippen LogP contribution in [0.4, 0.5) is 0 Å². The Bertz CT molecular complexity index is 416. The number of rotatable bonds is 9. The molecule has 7 heteroatoms. The highest BCUT2D eigenvalue weighted by molar-refractivity contribution is 5.91. The van der Waals surface area contributed by atoms with E-state index in [0.717, 1.165) is 12.2 Å².